The van der Waals surface area contributed by atoms with Gasteiger partial charge in [-0.2, -0.15) is 0 Å². The Bertz CT molecular complexity index is 1290. The van der Waals surface area contributed by atoms with Gasteiger partial charge in [0.15, 0.2) is 6.29 Å². The predicted molar refractivity (Wildman–Crippen MR) is 158 cm³/mol. The summed E-state index contributed by atoms with van der Waals surface area (Å²) in [6.45, 7) is 1.67. The molecule has 0 unspecified atom stereocenters. The van der Waals surface area contributed by atoms with Gasteiger partial charge in [0.05, 0.1) is 18.8 Å². The second-order valence-corrected chi connectivity index (χ2v) is 12.7. The minimum atomic E-state index is -2.02. The highest BCUT2D eigenvalue weighted by Gasteiger charge is 2.33. The number of ether oxygens (including phenoxy) is 2. The molecule has 0 spiro atoms. The third-order valence-electron chi connectivity index (χ3n) is 6.19. The first-order chi connectivity index (χ1) is 19.1. The SMILES string of the molecule is CC(=O)Nc1ccc(SC[C@H]2C[C@@H](c3ccc(CO)cc3)O[C@@H](c3ccc(CNC(=O)C(Cl)(Cl)Cl)cc3)O2)cc1. The molecule has 1 aliphatic heterocycles. The molecule has 3 aromatic carbocycles. The highest BCUT2D eigenvalue weighted by atomic mass is 35.6. The number of nitrogens with one attached hydrogen (secondary N) is 2. The lowest BCUT2D eigenvalue weighted by molar-refractivity contribution is -0.245. The molecule has 0 aromatic heterocycles. The minimum Gasteiger partial charge on any atom is -0.392 e. The number of alkyl halides is 3. The Morgan fingerprint density at radius 3 is 2.15 bits per heavy atom. The van der Waals surface area contributed by atoms with Crippen molar-refractivity contribution in [2.75, 3.05) is 11.1 Å². The van der Waals surface area contributed by atoms with Crippen molar-refractivity contribution in [3.8, 4) is 0 Å². The summed E-state index contributed by atoms with van der Waals surface area (Å²) in [5.74, 6) is -0.104. The van der Waals surface area contributed by atoms with Gasteiger partial charge in [-0.15, -0.1) is 11.8 Å². The van der Waals surface area contributed by atoms with Crippen LogP contribution in [0, 0.1) is 0 Å². The lowest BCUT2D eigenvalue weighted by Gasteiger charge is -2.36. The van der Waals surface area contributed by atoms with Crippen molar-refractivity contribution in [1.29, 1.82) is 0 Å². The molecule has 1 heterocycles. The molecular formula is C29H29Cl3N2O5S. The molecule has 0 saturated carbocycles. The Morgan fingerprint density at radius 1 is 0.925 bits per heavy atom. The Morgan fingerprint density at radius 2 is 1.55 bits per heavy atom. The molecule has 3 aromatic rings. The molecule has 3 atom stereocenters. The van der Waals surface area contributed by atoms with Gasteiger partial charge in [-0.1, -0.05) is 83.3 Å². The van der Waals surface area contributed by atoms with E-state index in [4.69, 9.17) is 44.3 Å². The van der Waals surface area contributed by atoms with Gasteiger partial charge in [0.1, 0.15) is 0 Å². The van der Waals surface area contributed by atoms with Crippen molar-refractivity contribution >= 4 is 64.1 Å². The van der Waals surface area contributed by atoms with Crippen LogP contribution in [0.3, 0.4) is 0 Å². The lowest BCUT2D eigenvalue weighted by Crippen LogP contribution is -2.34. The summed E-state index contributed by atoms with van der Waals surface area (Å²) in [6, 6.07) is 22.9. The first-order valence-corrected chi connectivity index (χ1v) is 14.7. The maximum atomic E-state index is 11.8. The number of anilines is 1. The van der Waals surface area contributed by atoms with Crippen LogP contribution in [0.25, 0.3) is 0 Å². The standard InChI is InChI=1S/C29H29Cl3N2O5S/c1-18(36)34-23-10-12-25(13-11-23)40-17-24-14-26(21-6-4-20(16-35)5-7-21)39-27(38-24)22-8-2-19(3-9-22)15-33-28(37)29(30,31)32/h2-13,24,26-27,35H,14-17H2,1H3,(H,33,37)(H,34,36)/t24-,26+,27+/m1/s1. The number of amides is 2. The van der Waals surface area contributed by atoms with Crippen LogP contribution in [-0.2, 0) is 32.2 Å². The lowest BCUT2D eigenvalue weighted by atomic mass is 10.0. The van der Waals surface area contributed by atoms with Gasteiger partial charge in [-0.05, 0) is 41.0 Å². The van der Waals surface area contributed by atoms with Crippen molar-refractivity contribution < 1.29 is 24.2 Å². The number of hydrogen-bond acceptors (Lipinski definition) is 6. The molecule has 0 bridgehead atoms. The number of rotatable bonds is 9. The molecule has 1 saturated heterocycles. The molecule has 1 aliphatic rings. The van der Waals surface area contributed by atoms with Crippen molar-refractivity contribution in [3.05, 3.63) is 95.1 Å². The topological polar surface area (TPSA) is 96.9 Å². The van der Waals surface area contributed by atoms with E-state index in [9.17, 15) is 14.7 Å². The number of hydrogen-bond donors (Lipinski definition) is 3. The largest absolute Gasteiger partial charge is 0.392 e. The summed E-state index contributed by atoms with van der Waals surface area (Å²) in [5, 5.41) is 14.8. The fourth-order valence-corrected chi connectivity index (χ4v) is 5.25. The predicted octanol–water partition coefficient (Wildman–Crippen LogP) is 6.46. The van der Waals surface area contributed by atoms with Crippen LogP contribution in [0.15, 0.2) is 77.7 Å². The summed E-state index contributed by atoms with van der Waals surface area (Å²) in [7, 11) is 0. The van der Waals surface area contributed by atoms with E-state index in [0.717, 1.165) is 32.8 Å². The Balaban J connectivity index is 1.45. The van der Waals surface area contributed by atoms with E-state index in [0.29, 0.717) is 12.2 Å². The highest BCUT2D eigenvalue weighted by molar-refractivity contribution is 7.99. The summed E-state index contributed by atoms with van der Waals surface area (Å²) in [6.07, 6.45) is -0.256. The number of carbonyl (C=O) groups is 2. The maximum Gasteiger partial charge on any atom is 0.272 e. The highest BCUT2D eigenvalue weighted by Crippen LogP contribution is 2.39. The molecule has 1 fully saturated rings. The van der Waals surface area contributed by atoms with Crippen LogP contribution in [0.2, 0.25) is 0 Å². The smallest absolute Gasteiger partial charge is 0.272 e. The fraction of sp³-hybridized carbons (Fsp3) is 0.310. The number of aliphatic hydroxyl groups is 1. The van der Waals surface area contributed by atoms with E-state index >= 15 is 0 Å². The average molecular weight is 624 g/mol. The van der Waals surface area contributed by atoms with E-state index in [1.807, 2.05) is 72.8 Å². The van der Waals surface area contributed by atoms with Crippen molar-refractivity contribution in [1.82, 2.24) is 5.32 Å². The molecule has 4 rings (SSSR count). The van der Waals surface area contributed by atoms with Crippen molar-refractivity contribution in [2.24, 2.45) is 0 Å². The summed E-state index contributed by atoms with van der Waals surface area (Å²) < 4.78 is 10.8. The van der Waals surface area contributed by atoms with E-state index < -0.39 is 16.0 Å². The zero-order valence-electron chi connectivity index (χ0n) is 21.6. The minimum absolute atomic E-state index is 0.0218. The van der Waals surface area contributed by atoms with Crippen LogP contribution in [-0.4, -0.2) is 32.6 Å². The molecule has 40 heavy (non-hydrogen) atoms. The molecule has 11 heteroatoms. The van der Waals surface area contributed by atoms with E-state index in [-0.39, 0.29) is 31.3 Å². The van der Waals surface area contributed by atoms with E-state index in [1.54, 1.807) is 11.8 Å². The summed E-state index contributed by atoms with van der Waals surface area (Å²) in [4.78, 5) is 24.2. The fourth-order valence-electron chi connectivity index (χ4n) is 4.12. The Hall–Kier alpha value is -2.30. The number of halogens is 3. The van der Waals surface area contributed by atoms with Crippen LogP contribution in [0.4, 0.5) is 5.69 Å². The number of benzene rings is 3. The third kappa shape index (κ3) is 8.85. The normalized spacial score (nSPS) is 19.2. The van der Waals surface area contributed by atoms with Gasteiger partial charge < -0.3 is 25.2 Å². The van der Waals surface area contributed by atoms with E-state index in [1.165, 1.54) is 6.92 Å². The Kier molecular flexibility index (Phi) is 10.8. The number of carbonyl (C=O) groups excluding carboxylic acids is 2. The Labute approximate surface area is 252 Å². The molecule has 0 radical (unpaired) electrons. The van der Waals surface area contributed by atoms with Gasteiger partial charge >= 0.3 is 0 Å². The number of thioether (sulfide) groups is 1. The average Bonchev–Trinajstić information content (AvgIpc) is 2.95. The van der Waals surface area contributed by atoms with Crippen molar-refractivity contribution in [3.63, 3.8) is 0 Å². The van der Waals surface area contributed by atoms with Crippen LogP contribution in [0.1, 0.15) is 48.0 Å². The summed E-state index contributed by atoms with van der Waals surface area (Å²) >= 11 is 18.5. The van der Waals surface area contributed by atoms with Gasteiger partial charge in [-0.25, -0.2) is 0 Å². The first kappa shape index (κ1) is 30.7. The molecule has 7 nitrogen and oxygen atoms in total. The van der Waals surface area contributed by atoms with Gasteiger partial charge in [-0.3, -0.25) is 9.59 Å². The molecule has 212 valence electrons. The van der Waals surface area contributed by atoms with Gasteiger partial charge in [0, 0.05) is 41.8 Å². The first-order valence-electron chi connectivity index (χ1n) is 12.6. The van der Waals surface area contributed by atoms with Gasteiger partial charge in [0.25, 0.3) is 9.70 Å². The molecule has 2 amide bonds. The molecule has 3 N–H and O–H groups in total. The summed E-state index contributed by atoms with van der Waals surface area (Å²) in [5.41, 5.74) is 4.25. The second-order valence-electron chi connectivity index (χ2n) is 9.29. The molecular weight excluding hydrogens is 595 g/mol. The maximum absolute atomic E-state index is 11.8. The quantitative estimate of drug-likeness (QED) is 0.187. The molecule has 0 aliphatic carbocycles. The van der Waals surface area contributed by atoms with Crippen LogP contribution >= 0.6 is 46.6 Å². The van der Waals surface area contributed by atoms with E-state index in [2.05, 4.69) is 10.6 Å². The zero-order valence-corrected chi connectivity index (χ0v) is 24.7. The number of aliphatic hydroxyl groups excluding tert-OH is 1. The third-order valence-corrected chi connectivity index (χ3v) is 7.85. The van der Waals surface area contributed by atoms with Crippen LogP contribution in [0.5, 0.6) is 0 Å². The van der Waals surface area contributed by atoms with Crippen molar-refractivity contribution in [2.45, 2.75) is 53.7 Å². The van der Waals surface area contributed by atoms with Crippen LogP contribution < -0.4 is 10.6 Å². The van der Waals surface area contributed by atoms with Gasteiger partial charge in [0.2, 0.25) is 5.91 Å². The monoisotopic (exact) mass is 622 g/mol. The zero-order chi connectivity index (χ0) is 28.7. The second kappa shape index (κ2) is 14.0.